The number of methoxy groups -OCH3 is 1. The molecule has 0 aliphatic carbocycles. The van der Waals surface area contributed by atoms with E-state index in [-0.39, 0.29) is 34.8 Å². The van der Waals surface area contributed by atoms with E-state index in [0.717, 1.165) is 50.7 Å². The van der Waals surface area contributed by atoms with Gasteiger partial charge in [0, 0.05) is 30.9 Å². The zero-order chi connectivity index (χ0) is 31.4. The fourth-order valence-corrected chi connectivity index (χ4v) is 6.25. The second-order valence-electron chi connectivity index (χ2n) is 11.1. The van der Waals surface area contributed by atoms with Gasteiger partial charge in [0.2, 0.25) is 16.0 Å². The van der Waals surface area contributed by atoms with Crippen LogP contribution in [0.25, 0.3) is 0 Å². The maximum atomic E-state index is 12.2. The zero-order valence-electron chi connectivity index (χ0n) is 25.7. The maximum absolute atomic E-state index is 12.2. The molecule has 2 aliphatic rings. The smallest absolute Gasteiger partial charge is 0.230 e. The van der Waals surface area contributed by atoms with Crippen LogP contribution < -0.4 is 34.5 Å². The molecule has 1 aromatic heterocycles. The third-order valence-electron chi connectivity index (χ3n) is 7.70. The minimum Gasteiger partial charge on any atom is -0.494 e. The molecule has 0 atom stereocenters. The minimum absolute atomic E-state index is 0.199. The molecule has 0 saturated carbocycles. The van der Waals surface area contributed by atoms with Gasteiger partial charge in [-0.1, -0.05) is 24.9 Å². The molecular weight excluding hydrogens is 606 g/mol. The summed E-state index contributed by atoms with van der Waals surface area (Å²) in [5, 5.41) is 6.68. The number of aromatic nitrogens is 2. The molecule has 2 aliphatic heterocycles. The molecule has 3 heterocycles. The van der Waals surface area contributed by atoms with E-state index < -0.39 is 10.0 Å². The molecule has 12 nitrogen and oxygen atoms in total. The molecule has 2 aromatic carbocycles. The second-order valence-corrected chi connectivity index (χ2v) is 13.3. The van der Waals surface area contributed by atoms with Gasteiger partial charge in [-0.3, -0.25) is 4.72 Å². The Balaban J connectivity index is 1.43. The van der Waals surface area contributed by atoms with Crippen LogP contribution in [0.15, 0.2) is 30.5 Å². The summed E-state index contributed by atoms with van der Waals surface area (Å²) in [4.78, 5) is 13.8. The number of nitrogens with zero attached hydrogens (tertiary/aromatic N) is 4. The van der Waals surface area contributed by atoms with Crippen molar-refractivity contribution < 1.29 is 22.6 Å². The number of rotatable bonds is 11. The van der Waals surface area contributed by atoms with E-state index in [1.54, 1.807) is 19.2 Å². The van der Waals surface area contributed by atoms with Crippen molar-refractivity contribution in [2.24, 2.45) is 0 Å². The Morgan fingerprint density at radius 2 is 1.86 bits per heavy atom. The lowest BCUT2D eigenvalue weighted by molar-refractivity contribution is 0.173. The Morgan fingerprint density at radius 3 is 2.55 bits per heavy atom. The highest BCUT2D eigenvalue weighted by Crippen LogP contribution is 2.44. The molecular formula is C30H40ClN7O5S. The molecule has 1 saturated heterocycles. The van der Waals surface area contributed by atoms with Crippen molar-refractivity contribution >= 4 is 56.1 Å². The predicted octanol–water partition coefficient (Wildman–Crippen LogP) is 5.25. The van der Waals surface area contributed by atoms with Gasteiger partial charge in [-0.25, -0.2) is 13.4 Å². The van der Waals surface area contributed by atoms with Gasteiger partial charge in [0.15, 0.2) is 17.3 Å². The number of anilines is 6. The number of sulfonamides is 1. The lowest BCUT2D eigenvalue weighted by Crippen LogP contribution is -2.42. The van der Waals surface area contributed by atoms with E-state index >= 15 is 0 Å². The van der Waals surface area contributed by atoms with Crippen molar-refractivity contribution in [3.05, 3.63) is 41.0 Å². The molecule has 0 radical (unpaired) electrons. The average Bonchev–Trinajstić information content (AvgIpc) is 2.99. The van der Waals surface area contributed by atoms with E-state index in [1.165, 1.54) is 17.4 Å². The van der Waals surface area contributed by atoms with Gasteiger partial charge in [0.05, 0.1) is 30.9 Å². The van der Waals surface area contributed by atoms with Crippen molar-refractivity contribution in [3.8, 4) is 17.2 Å². The number of hydrogen-bond acceptors (Lipinski definition) is 11. The summed E-state index contributed by atoms with van der Waals surface area (Å²) in [5.41, 5.74) is 3.73. The Kier molecular flexibility index (Phi) is 9.76. The minimum atomic E-state index is -3.64. The largest absolute Gasteiger partial charge is 0.494 e. The van der Waals surface area contributed by atoms with Crippen molar-refractivity contribution in [2.75, 3.05) is 74.0 Å². The third-order valence-corrected chi connectivity index (χ3v) is 8.55. The van der Waals surface area contributed by atoms with Crippen molar-refractivity contribution in [3.63, 3.8) is 0 Å². The summed E-state index contributed by atoms with van der Waals surface area (Å²) >= 11 is 6.50. The first-order valence-electron chi connectivity index (χ1n) is 14.7. The maximum Gasteiger partial charge on any atom is 0.230 e. The molecule has 0 unspecified atom stereocenters. The Hall–Kier alpha value is -3.68. The monoisotopic (exact) mass is 645 g/mol. The molecule has 1 fully saturated rings. The van der Waals surface area contributed by atoms with Crippen molar-refractivity contribution in [1.82, 2.24) is 14.9 Å². The van der Waals surface area contributed by atoms with Gasteiger partial charge in [-0.05, 0) is 57.1 Å². The molecule has 0 amide bonds. The average molecular weight is 646 g/mol. The number of ether oxygens (including phenoxy) is 3. The van der Waals surface area contributed by atoms with E-state index in [1.807, 2.05) is 0 Å². The van der Waals surface area contributed by atoms with Gasteiger partial charge in [-0.15, -0.1) is 0 Å². The number of aryl methyl sites for hydroxylation is 1. The fourth-order valence-electron chi connectivity index (χ4n) is 5.54. The lowest BCUT2D eigenvalue weighted by atomic mass is 10.00. The third kappa shape index (κ3) is 7.33. The molecule has 14 heteroatoms. The van der Waals surface area contributed by atoms with E-state index in [2.05, 4.69) is 68.3 Å². The van der Waals surface area contributed by atoms with Crippen LogP contribution in [0.1, 0.15) is 31.7 Å². The van der Waals surface area contributed by atoms with Crippen LogP contribution in [-0.2, 0) is 16.4 Å². The van der Waals surface area contributed by atoms with Gasteiger partial charge >= 0.3 is 0 Å². The van der Waals surface area contributed by atoms with Gasteiger partial charge < -0.3 is 34.6 Å². The number of benzene rings is 2. The molecule has 5 rings (SSSR count). The summed E-state index contributed by atoms with van der Waals surface area (Å²) in [5.74, 6) is 1.95. The van der Waals surface area contributed by atoms with Crippen LogP contribution in [0.2, 0.25) is 5.02 Å². The van der Waals surface area contributed by atoms with Crippen LogP contribution >= 0.6 is 11.6 Å². The number of hydrogen-bond donors (Lipinski definition) is 3. The number of piperidine rings is 1. The summed E-state index contributed by atoms with van der Waals surface area (Å²) in [6.45, 7) is 4.79. The van der Waals surface area contributed by atoms with E-state index in [4.69, 9.17) is 25.8 Å². The number of nitrogens with one attached hydrogen (secondary N) is 3. The SMILES string of the molecule is CCCc1cc(Nc2ncc(Cl)c(Nc3ccc4c(c3NS(C)(=O)=O)OCCO4)n2)c(OC)cc1N1CCC(N(C)C)CC1. The normalized spacial score (nSPS) is 15.3. The van der Waals surface area contributed by atoms with E-state index in [0.29, 0.717) is 29.8 Å². The zero-order valence-corrected chi connectivity index (χ0v) is 27.3. The standard InChI is InChI=1S/C30H40ClN7O5S/c1-6-7-19-16-23(26(41-4)17-24(19)38-12-10-20(11-13-38)37(2)3)34-30-32-18-21(31)29(35-30)33-22-8-9-25-28(43-15-14-42-25)27(22)36-44(5,39)40/h8-9,16-18,20,36H,6-7,10-15H2,1-5H3,(H2,32,33,34,35). The first kappa shape index (κ1) is 31.7. The van der Waals surface area contributed by atoms with Gasteiger partial charge in [-0.2, -0.15) is 4.98 Å². The molecule has 44 heavy (non-hydrogen) atoms. The van der Waals surface area contributed by atoms with Crippen LogP contribution in [0, 0.1) is 0 Å². The molecule has 0 bridgehead atoms. The summed E-state index contributed by atoms with van der Waals surface area (Å²) in [7, 11) is 2.30. The number of halogens is 1. The highest BCUT2D eigenvalue weighted by atomic mass is 35.5. The lowest BCUT2D eigenvalue weighted by Gasteiger charge is -2.37. The summed E-state index contributed by atoms with van der Waals surface area (Å²) < 4.78 is 44.1. The highest BCUT2D eigenvalue weighted by Gasteiger charge is 2.25. The van der Waals surface area contributed by atoms with Crippen LogP contribution in [-0.4, -0.2) is 83.1 Å². The predicted molar refractivity (Wildman–Crippen MR) is 175 cm³/mol. The second kappa shape index (κ2) is 13.5. The van der Waals surface area contributed by atoms with E-state index in [9.17, 15) is 8.42 Å². The van der Waals surface area contributed by atoms with Crippen LogP contribution in [0.4, 0.5) is 34.5 Å². The summed E-state index contributed by atoms with van der Waals surface area (Å²) in [6, 6.07) is 8.16. The Bertz CT molecular complexity index is 1600. The first-order chi connectivity index (χ1) is 21.1. The van der Waals surface area contributed by atoms with Crippen LogP contribution in [0.5, 0.6) is 17.2 Å². The summed E-state index contributed by atoms with van der Waals surface area (Å²) in [6.07, 6.45) is 6.68. The van der Waals surface area contributed by atoms with Gasteiger partial charge in [0.1, 0.15) is 29.7 Å². The van der Waals surface area contributed by atoms with Crippen molar-refractivity contribution in [1.29, 1.82) is 0 Å². The Morgan fingerprint density at radius 1 is 1.11 bits per heavy atom. The topological polar surface area (TPSA) is 130 Å². The Labute approximate surface area is 264 Å². The fraction of sp³-hybridized carbons (Fsp3) is 0.467. The highest BCUT2D eigenvalue weighted by molar-refractivity contribution is 7.92. The van der Waals surface area contributed by atoms with Crippen LogP contribution in [0.3, 0.4) is 0 Å². The quantitative estimate of drug-likeness (QED) is 0.253. The number of fused-ring (bicyclic) bond motifs is 1. The first-order valence-corrected chi connectivity index (χ1v) is 16.9. The molecule has 238 valence electrons. The molecule has 3 aromatic rings. The van der Waals surface area contributed by atoms with Gasteiger partial charge in [0.25, 0.3) is 0 Å². The van der Waals surface area contributed by atoms with Crippen molar-refractivity contribution in [2.45, 2.75) is 38.6 Å². The molecule has 0 spiro atoms. The molecule has 3 N–H and O–H groups in total.